The fraction of sp³-hybridized carbons (Fsp3) is 0.222. The molecular formula is C18H18Cl2N3O5PS. The highest BCUT2D eigenvalue weighted by atomic mass is 35.5. The van der Waals surface area contributed by atoms with E-state index >= 15 is 0 Å². The van der Waals surface area contributed by atoms with Crippen molar-refractivity contribution in [3.05, 3.63) is 79.1 Å². The Balaban J connectivity index is 1.85. The minimum atomic E-state index is -3.52. The Hall–Kier alpha value is -1.90. The fourth-order valence-corrected chi connectivity index (χ4v) is 5.81. The third-order valence-corrected chi connectivity index (χ3v) is 9.40. The van der Waals surface area contributed by atoms with Crippen molar-refractivity contribution in [2.75, 3.05) is 14.1 Å². The highest BCUT2D eigenvalue weighted by molar-refractivity contribution is 8.55. The van der Waals surface area contributed by atoms with Crippen molar-refractivity contribution in [1.29, 1.82) is 0 Å². The van der Waals surface area contributed by atoms with Gasteiger partial charge in [0.15, 0.2) is 0 Å². The summed E-state index contributed by atoms with van der Waals surface area (Å²) < 4.78 is 27.2. The summed E-state index contributed by atoms with van der Waals surface area (Å²) in [6, 6.07) is 11.4. The average Bonchev–Trinajstić information content (AvgIpc) is 2.97. The van der Waals surface area contributed by atoms with Crippen LogP contribution in [0.25, 0.3) is 5.69 Å². The summed E-state index contributed by atoms with van der Waals surface area (Å²) in [6.07, 6.45) is 0. The minimum Gasteiger partial charge on any atom is -0.425 e. The molecule has 1 unspecified atom stereocenters. The lowest BCUT2D eigenvalue weighted by atomic mass is 10.2. The van der Waals surface area contributed by atoms with Gasteiger partial charge in [-0.2, -0.15) is 0 Å². The van der Waals surface area contributed by atoms with Crippen LogP contribution in [-0.4, -0.2) is 28.1 Å². The second kappa shape index (κ2) is 9.08. The van der Waals surface area contributed by atoms with Crippen molar-refractivity contribution in [3.8, 4) is 11.4 Å². The first-order valence-corrected chi connectivity index (χ1v) is 12.5. The number of hydrogen-bond acceptors (Lipinski definition) is 6. The number of halogens is 2. The summed E-state index contributed by atoms with van der Waals surface area (Å²) in [5, 5.41) is 0.578. The first-order chi connectivity index (χ1) is 14.1. The summed E-state index contributed by atoms with van der Waals surface area (Å²) in [4.78, 5) is 24.9. The van der Waals surface area contributed by atoms with Crippen LogP contribution in [0.5, 0.6) is 5.75 Å². The highest BCUT2D eigenvalue weighted by Gasteiger charge is 2.30. The van der Waals surface area contributed by atoms with Gasteiger partial charge in [0.25, 0.3) is 0 Å². The summed E-state index contributed by atoms with van der Waals surface area (Å²) in [7, 11) is 3.13. The summed E-state index contributed by atoms with van der Waals surface area (Å²) in [5.74, 6) is -0.866. The Morgan fingerprint density at radius 1 is 1.10 bits per heavy atom. The van der Waals surface area contributed by atoms with Gasteiger partial charge >= 0.3 is 18.2 Å². The van der Waals surface area contributed by atoms with Crippen molar-refractivity contribution in [2.24, 2.45) is 0 Å². The van der Waals surface area contributed by atoms with Crippen LogP contribution in [-0.2, 0) is 10.4 Å². The quantitative estimate of drug-likeness (QED) is 0.446. The van der Waals surface area contributed by atoms with Crippen LogP contribution in [0.4, 0.5) is 0 Å². The van der Waals surface area contributed by atoms with Crippen molar-refractivity contribution in [2.45, 2.75) is 12.8 Å². The molecule has 0 N–H and O–H groups in total. The minimum absolute atomic E-state index is 0.239. The van der Waals surface area contributed by atoms with E-state index in [0.717, 1.165) is 26.3 Å². The number of benzene rings is 2. The SMILES string of the molecule is Cc1ccc(-n2oc(=O)n(CSP(=O)(Oc3ccc(Cl)c(Cl)c3)N(C)C)c2=O)cc1. The first-order valence-electron chi connectivity index (χ1n) is 8.58. The van der Waals surface area contributed by atoms with Gasteiger partial charge in [0.05, 0.1) is 21.6 Å². The Kier molecular flexibility index (Phi) is 6.89. The van der Waals surface area contributed by atoms with E-state index < -0.39 is 18.2 Å². The number of aryl methyl sites for hydroxylation is 1. The zero-order valence-electron chi connectivity index (χ0n) is 16.2. The van der Waals surface area contributed by atoms with E-state index in [1.807, 2.05) is 6.92 Å². The molecule has 0 aliphatic heterocycles. The van der Waals surface area contributed by atoms with Crippen LogP contribution in [0.1, 0.15) is 5.56 Å². The maximum Gasteiger partial charge on any atom is 0.443 e. The highest BCUT2D eigenvalue weighted by Crippen LogP contribution is 2.61. The van der Waals surface area contributed by atoms with Crippen LogP contribution in [0.2, 0.25) is 10.0 Å². The van der Waals surface area contributed by atoms with E-state index in [1.54, 1.807) is 38.4 Å². The maximum atomic E-state index is 13.3. The van der Waals surface area contributed by atoms with Gasteiger partial charge in [-0.3, -0.25) is 0 Å². The van der Waals surface area contributed by atoms with Gasteiger partial charge in [0.2, 0.25) is 0 Å². The number of hydrogen-bond donors (Lipinski definition) is 0. The second-order valence-corrected chi connectivity index (χ2v) is 11.8. The molecule has 1 aromatic heterocycles. The van der Waals surface area contributed by atoms with Crippen LogP contribution >= 0.6 is 41.3 Å². The summed E-state index contributed by atoms with van der Waals surface area (Å²) >= 11 is 12.7. The van der Waals surface area contributed by atoms with Gasteiger partial charge < -0.3 is 9.05 Å². The van der Waals surface area contributed by atoms with Gasteiger partial charge in [0, 0.05) is 6.07 Å². The van der Waals surface area contributed by atoms with Gasteiger partial charge in [-0.15, -0.1) is 4.74 Å². The number of nitrogens with zero attached hydrogens (tertiary/aromatic N) is 3. The van der Waals surface area contributed by atoms with Crippen molar-refractivity contribution in [1.82, 2.24) is 14.0 Å². The molecule has 0 saturated heterocycles. The molecule has 0 fully saturated rings. The Morgan fingerprint density at radius 2 is 1.77 bits per heavy atom. The molecule has 0 bridgehead atoms. The van der Waals surface area contributed by atoms with Crippen LogP contribution in [0.3, 0.4) is 0 Å². The monoisotopic (exact) mass is 489 g/mol. The van der Waals surface area contributed by atoms with Crippen LogP contribution in [0.15, 0.2) is 56.6 Å². The molecule has 1 atom stereocenters. The lowest BCUT2D eigenvalue weighted by molar-refractivity contribution is 0.312. The number of aromatic nitrogens is 2. The standard InChI is InChI=1S/C18H18Cl2N3O5PS/c1-12-4-6-13(7-5-12)23-17(24)22(18(25)27-23)11-30-29(26,21(2)3)28-14-8-9-15(19)16(20)10-14/h4-10H,11H2,1-3H3. The molecular weight excluding hydrogens is 472 g/mol. The first kappa shape index (κ1) is 22.8. The molecule has 8 nitrogen and oxygen atoms in total. The lowest BCUT2D eigenvalue weighted by Gasteiger charge is -2.24. The fourth-order valence-electron chi connectivity index (χ4n) is 2.33. The topological polar surface area (TPSA) is 86.7 Å². The van der Waals surface area contributed by atoms with Gasteiger partial charge in [-0.25, -0.2) is 23.4 Å². The van der Waals surface area contributed by atoms with Crippen LogP contribution in [0, 0.1) is 6.92 Å². The molecule has 12 heteroatoms. The largest absolute Gasteiger partial charge is 0.443 e. The van der Waals surface area contributed by atoms with Crippen molar-refractivity contribution < 1.29 is 13.6 Å². The van der Waals surface area contributed by atoms with Gasteiger partial charge in [0.1, 0.15) is 5.75 Å². The Bertz CT molecular complexity index is 1220. The molecule has 3 aromatic rings. The van der Waals surface area contributed by atoms with Crippen molar-refractivity contribution in [3.63, 3.8) is 0 Å². The molecule has 0 saturated carbocycles. The molecule has 0 radical (unpaired) electrons. The van der Waals surface area contributed by atoms with E-state index in [-0.39, 0.29) is 16.6 Å². The second-order valence-electron chi connectivity index (χ2n) is 6.44. The normalized spacial score (nSPS) is 13.4. The molecule has 30 heavy (non-hydrogen) atoms. The van der Waals surface area contributed by atoms with E-state index in [0.29, 0.717) is 10.7 Å². The molecule has 0 amide bonds. The Morgan fingerprint density at radius 3 is 2.37 bits per heavy atom. The molecule has 0 aliphatic rings. The van der Waals surface area contributed by atoms with E-state index in [2.05, 4.69) is 0 Å². The molecule has 160 valence electrons. The summed E-state index contributed by atoms with van der Waals surface area (Å²) in [6.45, 7) is -1.62. The average molecular weight is 490 g/mol. The zero-order valence-corrected chi connectivity index (χ0v) is 19.5. The van der Waals surface area contributed by atoms with E-state index in [9.17, 15) is 14.2 Å². The van der Waals surface area contributed by atoms with Crippen molar-refractivity contribution >= 4 is 41.3 Å². The molecule has 2 aromatic carbocycles. The third kappa shape index (κ3) is 4.87. The molecule has 1 heterocycles. The Labute approximate surface area is 186 Å². The summed E-state index contributed by atoms with van der Waals surface area (Å²) in [5.41, 5.74) is 0.723. The molecule has 0 spiro atoms. The smallest absolute Gasteiger partial charge is 0.425 e. The van der Waals surface area contributed by atoms with Gasteiger partial charge in [-0.05, 0) is 56.7 Å². The molecule has 0 aliphatic carbocycles. The number of rotatable bonds is 7. The maximum absolute atomic E-state index is 13.3. The van der Waals surface area contributed by atoms with Gasteiger partial charge in [-0.1, -0.05) is 40.9 Å². The van der Waals surface area contributed by atoms with Crippen LogP contribution < -0.4 is 16.0 Å². The predicted octanol–water partition coefficient (Wildman–Crippen LogP) is 4.65. The zero-order chi connectivity index (χ0) is 22.1. The third-order valence-electron chi connectivity index (χ3n) is 4.01. The van der Waals surface area contributed by atoms with E-state index in [1.165, 1.54) is 22.9 Å². The van der Waals surface area contributed by atoms with E-state index in [4.69, 9.17) is 32.2 Å². The lowest BCUT2D eigenvalue weighted by Crippen LogP contribution is -2.28. The molecule has 3 rings (SSSR count). The predicted molar refractivity (Wildman–Crippen MR) is 119 cm³/mol.